The van der Waals surface area contributed by atoms with E-state index in [0.717, 1.165) is 46.3 Å². The molecule has 0 amide bonds. The number of nitrogens with one attached hydrogen (secondary N) is 1. The fraction of sp³-hybridized carbons (Fsp3) is 0.267. The van der Waals surface area contributed by atoms with Crippen LogP contribution in [0.3, 0.4) is 0 Å². The van der Waals surface area contributed by atoms with Crippen molar-refractivity contribution in [2.45, 2.75) is 24.8 Å². The number of aromatic amines is 1. The van der Waals surface area contributed by atoms with Gasteiger partial charge in [-0.1, -0.05) is 6.92 Å². The summed E-state index contributed by atoms with van der Waals surface area (Å²) in [5.41, 5.74) is 5.73. The molecule has 0 bridgehead atoms. The molecule has 3 aromatic heterocycles. The molecule has 0 radical (unpaired) electrons. The maximum absolute atomic E-state index is 4.70. The lowest BCUT2D eigenvalue weighted by Crippen LogP contribution is -2.02. The molecule has 4 rings (SSSR count). The molecule has 1 N–H and O–H groups in total. The number of H-pyrrole nitrogens is 1. The van der Waals surface area contributed by atoms with Crippen molar-refractivity contribution < 1.29 is 0 Å². The van der Waals surface area contributed by atoms with Gasteiger partial charge in [-0.15, -0.1) is 11.8 Å². The molecule has 0 saturated carbocycles. The molecule has 0 aliphatic heterocycles. The van der Waals surface area contributed by atoms with Gasteiger partial charge in [-0.3, -0.25) is 10.1 Å². The summed E-state index contributed by atoms with van der Waals surface area (Å²) >= 11 is 1.79. The molecular formula is C15H15N5S. The zero-order valence-electron chi connectivity index (χ0n) is 11.7. The third-order valence-corrected chi connectivity index (χ3v) is 4.59. The van der Waals surface area contributed by atoms with E-state index in [-0.39, 0.29) is 0 Å². The van der Waals surface area contributed by atoms with Gasteiger partial charge in [0.1, 0.15) is 5.03 Å². The Morgan fingerprint density at radius 2 is 2.33 bits per heavy atom. The highest BCUT2D eigenvalue weighted by molar-refractivity contribution is 7.99. The molecule has 0 spiro atoms. The first-order chi connectivity index (χ1) is 10.4. The summed E-state index contributed by atoms with van der Waals surface area (Å²) in [5, 5.41) is 13.5. The van der Waals surface area contributed by atoms with Crippen LogP contribution in [-0.2, 0) is 12.8 Å². The molecule has 3 aromatic rings. The number of aromatic nitrogens is 5. The maximum atomic E-state index is 4.70. The molecule has 6 heteroatoms. The van der Waals surface area contributed by atoms with E-state index in [4.69, 9.17) is 5.10 Å². The summed E-state index contributed by atoms with van der Waals surface area (Å²) < 4.78 is 1.90. The van der Waals surface area contributed by atoms with E-state index >= 15 is 0 Å². The molecule has 0 aromatic carbocycles. The van der Waals surface area contributed by atoms with Crippen molar-refractivity contribution in [2.75, 3.05) is 5.75 Å². The van der Waals surface area contributed by atoms with Crippen molar-refractivity contribution in [3.63, 3.8) is 0 Å². The van der Waals surface area contributed by atoms with Crippen LogP contribution in [0.5, 0.6) is 0 Å². The SMILES string of the molecule is CCSc1n[nH]c2c1CCc1nn(-c3cccnc3)cc1-2. The first kappa shape index (κ1) is 12.6. The molecule has 0 atom stereocenters. The molecule has 106 valence electrons. The zero-order chi connectivity index (χ0) is 14.2. The van der Waals surface area contributed by atoms with Crippen molar-refractivity contribution in [1.29, 1.82) is 0 Å². The number of hydrogen-bond donors (Lipinski definition) is 1. The number of hydrogen-bond acceptors (Lipinski definition) is 4. The van der Waals surface area contributed by atoms with Crippen LogP contribution in [0.1, 0.15) is 18.2 Å². The fourth-order valence-corrected chi connectivity index (χ4v) is 3.49. The predicted octanol–water partition coefficient (Wildman–Crippen LogP) is 2.87. The first-order valence-electron chi connectivity index (χ1n) is 7.06. The van der Waals surface area contributed by atoms with Crippen LogP contribution in [0.15, 0.2) is 35.7 Å². The topological polar surface area (TPSA) is 59.4 Å². The van der Waals surface area contributed by atoms with Crippen LogP contribution in [-0.4, -0.2) is 30.7 Å². The summed E-state index contributed by atoms with van der Waals surface area (Å²) in [4.78, 5) is 4.16. The molecule has 1 aliphatic rings. The van der Waals surface area contributed by atoms with Crippen LogP contribution >= 0.6 is 11.8 Å². The standard InChI is InChI=1S/C15H15N5S/c1-2-21-15-11-5-6-13-12(14(11)17-18-15)9-20(19-13)10-4-3-7-16-8-10/h3-4,7-9H,2,5-6H2,1H3,(H,17,18). The smallest absolute Gasteiger partial charge is 0.122 e. The van der Waals surface area contributed by atoms with Crippen molar-refractivity contribution in [3.8, 4) is 16.9 Å². The average molecular weight is 297 g/mol. The van der Waals surface area contributed by atoms with E-state index in [1.165, 1.54) is 5.56 Å². The Labute approximate surface area is 126 Å². The van der Waals surface area contributed by atoms with Gasteiger partial charge in [0, 0.05) is 23.5 Å². The maximum Gasteiger partial charge on any atom is 0.122 e. The van der Waals surface area contributed by atoms with Crippen LogP contribution in [0.25, 0.3) is 16.9 Å². The molecule has 0 fully saturated rings. The Hall–Kier alpha value is -2.08. The number of thioether (sulfide) groups is 1. The van der Waals surface area contributed by atoms with Gasteiger partial charge in [0.2, 0.25) is 0 Å². The summed E-state index contributed by atoms with van der Waals surface area (Å²) in [6.07, 6.45) is 7.64. The van der Waals surface area contributed by atoms with Gasteiger partial charge in [0.15, 0.2) is 0 Å². The molecule has 21 heavy (non-hydrogen) atoms. The summed E-state index contributed by atoms with van der Waals surface area (Å²) in [6.45, 7) is 2.15. The largest absolute Gasteiger partial charge is 0.276 e. The second-order valence-corrected chi connectivity index (χ2v) is 6.21. The van der Waals surface area contributed by atoms with Crippen LogP contribution in [0.4, 0.5) is 0 Å². The summed E-state index contributed by atoms with van der Waals surface area (Å²) in [7, 11) is 0. The van der Waals surface area contributed by atoms with Crippen molar-refractivity contribution in [2.24, 2.45) is 0 Å². The van der Waals surface area contributed by atoms with Crippen LogP contribution in [0, 0.1) is 0 Å². The normalized spacial score (nSPS) is 13.0. The molecule has 3 heterocycles. The van der Waals surface area contributed by atoms with Crippen LogP contribution < -0.4 is 0 Å². The molecule has 0 saturated heterocycles. The van der Waals surface area contributed by atoms with Crippen molar-refractivity contribution in [3.05, 3.63) is 42.0 Å². The number of nitrogens with zero attached hydrogens (tertiary/aromatic N) is 4. The third kappa shape index (κ3) is 2.06. The van der Waals surface area contributed by atoms with E-state index < -0.39 is 0 Å². The van der Waals surface area contributed by atoms with Gasteiger partial charge in [-0.25, -0.2) is 4.68 Å². The Kier molecular flexibility index (Phi) is 3.03. The minimum Gasteiger partial charge on any atom is -0.276 e. The van der Waals surface area contributed by atoms with Crippen molar-refractivity contribution in [1.82, 2.24) is 25.0 Å². The number of aryl methyl sites for hydroxylation is 1. The van der Waals surface area contributed by atoms with Gasteiger partial charge < -0.3 is 0 Å². The number of pyridine rings is 1. The number of fused-ring (bicyclic) bond motifs is 3. The van der Waals surface area contributed by atoms with E-state index in [1.807, 2.05) is 23.0 Å². The first-order valence-corrected chi connectivity index (χ1v) is 8.04. The second-order valence-electron chi connectivity index (χ2n) is 4.96. The van der Waals surface area contributed by atoms with Gasteiger partial charge in [0.05, 0.1) is 23.3 Å². The second kappa shape index (κ2) is 5.04. The van der Waals surface area contributed by atoms with Crippen molar-refractivity contribution >= 4 is 11.8 Å². The Morgan fingerprint density at radius 1 is 1.38 bits per heavy atom. The van der Waals surface area contributed by atoms with Gasteiger partial charge >= 0.3 is 0 Å². The van der Waals surface area contributed by atoms with Gasteiger partial charge in [-0.05, 0) is 30.7 Å². The van der Waals surface area contributed by atoms with E-state index in [9.17, 15) is 0 Å². The minimum absolute atomic E-state index is 0.965. The van der Waals surface area contributed by atoms with E-state index in [0.29, 0.717) is 0 Å². The third-order valence-electron chi connectivity index (χ3n) is 3.69. The lowest BCUT2D eigenvalue weighted by atomic mass is 9.96. The molecule has 0 unspecified atom stereocenters. The molecule has 5 nitrogen and oxygen atoms in total. The Morgan fingerprint density at radius 3 is 3.14 bits per heavy atom. The van der Waals surface area contributed by atoms with Crippen LogP contribution in [0.2, 0.25) is 0 Å². The lowest BCUT2D eigenvalue weighted by molar-refractivity contribution is 0.806. The lowest BCUT2D eigenvalue weighted by Gasteiger charge is -2.10. The summed E-state index contributed by atoms with van der Waals surface area (Å²) in [5.74, 6) is 1.04. The monoisotopic (exact) mass is 297 g/mol. The highest BCUT2D eigenvalue weighted by atomic mass is 32.2. The quantitative estimate of drug-likeness (QED) is 0.755. The van der Waals surface area contributed by atoms with E-state index in [2.05, 4.69) is 28.3 Å². The summed E-state index contributed by atoms with van der Waals surface area (Å²) in [6, 6.07) is 3.94. The highest BCUT2D eigenvalue weighted by Crippen LogP contribution is 2.36. The highest BCUT2D eigenvalue weighted by Gasteiger charge is 2.24. The minimum atomic E-state index is 0.965. The van der Waals surface area contributed by atoms with Gasteiger partial charge in [-0.2, -0.15) is 10.2 Å². The van der Waals surface area contributed by atoms with E-state index in [1.54, 1.807) is 18.0 Å². The Bertz CT molecular complexity index is 775. The van der Waals surface area contributed by atoms with Gasteiger partial charge in [0.25, 0.3) is 0 Å². The predicted molar refractivity (Wildman–Crippen MR) is 82.7 cm³/mol. The molecular weight excluding hydrogens is 282 g/mol. The molecule has 1 aliphatic carbocycles. The average Bonchev–Trinajstić information content (AvgIpc) is 3.12. The number of rotatable bonds is 3. The zero-order valence-corrected chi connectivity index (χ0v) is 12.5. The fourth-order valence-electron chi connectivity index (χ4n) is 2.73. The Balaban J connectivity index is 1.79.